The number of pyridine rings is 1. The van der Waals surface area contributed by atoms with Crippen LogP contribution in [0.15, 0.2) is 35.3 Å². The number of nitrogens with zero attached hydrogens (tertiary/aromatic N) is 2. The van der Waals surface area contributed by atoms with Crippen LogP contribution >= 0.6 is 0 Å². The normalized spacial score (nSPS) is 25.1. The van der Waals surface area contributed by atoms with Crippen LogP contribution in [0.5, 0.6) is 0 Å². The zero-order valence-corrected chi connectivity index (χ0v) is 16.9. The molecule has 4 rings (SSSR count). The van der Waals surface area contributed by atoms with Crippen molar-refractivity contribution < 1.29 is 9.90 Å². The van der Waals surface area contributed by atoms with Crippen molar-refractivity contribution in [2.45, 2.75) is 58.1 Å². The summed E-state index contributed by atoms with van der Waals surface area (Å²) in [7, 11) is 0. The molecule has 1 aromatic heterocycles. The number of carbonyl (C=O) groups excluding carboxylic acids is 1. The van der Waals surface area contributed by atoms with E-state index >= 15 is 0 Å². The minimum atomic E-state index is -0.604. The number of hydrogen-bond donors (Lipinski definition) is 1. The van der Waals surface area contributed by atoms with Gasteiger partial charge in [-0.25, -0.2) is 0 Å². The van der Waals surface area contributed by atoms with Gasteiger partial charge in [0.05, 0.1) is 11.2 Å². The third-order valence-electron chi connectivity index (χ3n) is 6.50. The van der Waals surface area contributed by atoms with Gasteiger partial charge in [0.1, 0.15) is 0 Å². The molecule has 0 spiro atoms. The molecule has 150 valence electrons. The molecule has 0 radical (unpaired) electrons. The van der Waals surface area contributed by atoms with E-state index in [9.17, 15) is 14.7 Å². The van der Waals surface area contributed by atoms with Crippen LogP contribution in [0.25, 0.3) is 10.8 Å². The van der Waals surface area contributed by atoms with Crippen LogP contribution in [-0.4, -0.2) is 39.2 Å². The summed E-state index contributed by atoms with van der Waals surface area (Å²) < 4.78 is 1.68. The molecule has 2 aromatic rings. The number of fused-ring (bicyclic) bond motifs is 2. The van der Waals surface area contributed by atoms with E-state index in [-0.39, 0.29) is 17.4 Å². The van der Waals surface area contributed by atoms with Crippen LogP contribution in [0.2, 0.25) is 0 Å². The molecule has 5 nitrogen and oxygen atoms in total. The third kappa shape index (κ3) is 3.37. The average Bonchev–Trinajstić information content (AvgIpc) is 2.68. The standard InChI is InChI=1S/C23H30N2O3/c1-16(2)13-25-15-20(18-8-3-4-9-19(18)21(25)26)22(27)24-12-11-23(28)10-6-5-7-17(23)14-24/h3-4,8-9,15-17,28H,5-7,10-14H2,1-2H3/t17-,23+/m1/s1. The maximum absolute atomic E-state index is 13.5. The van der Waals surface area contributed by atoms with E-state index in [0.29, 0.717) is 42.9 Å². The molecule has 0 bridgehead atoms. The summed E-state index contributed by atoms with van der Waals surface area (Å²) in [6, 6.07) is 7.40. The lowest BCUT2D eigenvalue weighted by molar-refractivity contribution is -0.0886. The monoisotopic (exact) mass is 382 g/mol. The van der Waals surface area contributed by atoms with E-state index in [2.05, 4.69) is 13.8 Å². The van der Waals surface area contributed by atoms with Crippen molar-refractivity contribution in [3.05, 3.63) is 46.4 Å². The minimum absolute atomic E-state index is 0.0265. The Kier molecular flexibility index (Phi) is 5.04. The summed E-state index contributed by atoms with van der Waals surface area (Å²) in [4.78, 5) is 28.2. The van der Waals surface area contributed by atoms with Gasteiger partial charge in [-0.05, 0) is 31.2 Å². The molecule has 1 aliphatic heterocycles. The first-order valence-electron chi connectivity index (χ1n) is 10.5. The predicted molar refractivity (Wildman–Crippen MR) is 110 cm³/mol. The first-order chi connectivity index (χ1) is 13.4. The van der Waals surface area contributed by atoms with Gasteiger partial charge in [-0.2, -0.15) is 0 Å². The fraction of sp³-hybridized carbons (Fsp3) is 0.565. The molecule has 28 heavy (non-hydrogen) atoms. The molecule has 1 aromatic carbocycles. The molecule has 1 N–H and O–H groups in total. The first-order valence-corrected chi connectivity index (χ1v) is 10.5. The van der Waals surface area contributed by atoms with Crippen LogP contribution in [0.1, 0.15) is 56.3 Å². The van der Waals surface area contributed by atoms with E-state index in [4.69, 9.17) is 0 Å². The number of benzene rings is 1. The Morgan fingerprint density at radius 3 is 2.71 bits per heavy atom. The van der Waals surface area contributed by atoms with E-state index < -0.39 is 5.60 Å². The van der Waals surface area contributed by atoms with Crippen molar-refractivity contribution >= 4 is 16.7 Å². The molecule has 1 aliphatic carbocycles. The van der Waals surface area contributed by atoms with Crippen LogP contribution in [0, 0.1) is 11.8 Å². The number of rotatable bonds is 3. The lowest BCUT2D eigenvalue weighted by Gasteiger charge is -2.47. The van der Waals surface area contributed by atoms with E-state index in [1.54, 1.807) is 16.8 Å². The molecule has 2 heterocycles. The number of carbonyl (C=O) groups is 1. The lowest BCUT2D eigenvalue weighted by atomic mass is 9.71. The highest BCUT2D eigenvalue weighted by Crippen LogP contribution is 2.40. The Bertz CT molecular complexity index is 949. The van der Waals surface area contributed by atoms with Gasteiger partial charge in [0.15, 0.2) is 0 Å². The largest absolute Gasteiger partial charge is 0.389 e. The second-order valence-electron chi connectivity index (χ2n) is 8.99. The highest BCUT2D eigenvalue weighted by atomic mass is 16.3. The summed E-state index contributed by atoms with van der Waals surface area (Å²) in [6.07, 6.45) is 6.42. The number of hydrogen-bond acceptors (Lipinski definition) is 3. The lowest BCUT2D eigenvalue weighted by Crippen LogP contribution is -2.54. The summed E-state index contributed by atoms with van der Waals surface area (Å²) in [5.41, 5.74) is -0.0497. The van der Waals surface area contributed by atoms with Gasteiger partial charge in [0, 0.05) is 42.5 Å². The summed E-state index contributed by atoms with van der Waals surface area (Å²) in [5.74, 6) is 0.446. The molecule has 0 unspecified atom stereocenters. The summed E-state index contributed by atoms with van der Waals surface area (Å²) in [5, 5.41) is 12.3. The Balaban J connectivity index is 1.71. The fourth-order valence-corrected chi connectivity index (χ4v) is 4.97. The number of aliphatic hydroxyl groups is 1. The van der Waals surface area contributed by atoms with Crippen LogP contribution in [-0.2, 0) is 6.54 Å². The number of aromatic nitrogens is 1. The first kappa shape index (κ1) is 19.2. The smallest absolute Gasteiger partial charge is 0.258 e. The van der Waals surface area contributed by atoms with Crippen molar-refractivity contribution in [2.75, 3.05) is 13.1 Å². The van der Waals surface area contributed by atoms with E-state index in [1.165, 1.54) is 0 Å². The second-order valence-corrected chi connectivity index (χ2v) is 8.99. The van der Waals surface area contributed by atoms with Gasteiger partial charge in [-0.3, -0.25) is 9.59 Å². The van der Waals surface area contributed by atoms with Crippen LogP contribution in [0.4, 0.5) is 0 Å². The Morgan fingerprint density at radius 2 is 1.96 bits per heavy atom. The summed E-state index contributed by atoms with van der Waals surface area (Å²) in [6.45, 7) is 5.90. The summed E-state index contributed by atoms with van der Waals surface area (Å²) >= 11 is 0. The molecule has 2 atom stereocenters. The van der Waals surface area contributed by atoms with Crippen molar-refractivity contribution in [2.24, 2.45) is 11.8 Å². The highest BCUT2D eigenvalue weighted by Gasteiger charge is 2.44. The van der Waals surface area contributed by atoms with Crippen LogP contribution in [0.3, 0.4) is 0 Å². The number of amides is 1. The van der Waals surface area contributed by atoms with Gasteiger partial charge in [-0.1, -0.05) is 44.9 Å². The molecule has 2 aliphatic rings. The van der Waals surface area contributed by atoms with Gasteiger partial charge in [0.2, 0.25) is 0 Å². The topological polar surface area (TPSA) is 62.5 Å². The molecule has 2 fully saturated rings. The van der Waals surface area contributed by atoms with Crippen LogP contribution < -0.4 is 5.56 Å². The molecular formula is C23H30N2O3. The maximum atomic E-state index is 13.5. The fourth-order valence-electron chi connectivity index (χ4n) is 4.97. The van der Waals surface area contributed by atoms with Crippen molar-refractivity contribution in [3.63, 3.8) is 0 Å². The molecule has 1 saturated carbocycles. The quantitative estimate of drug-likeness (QED) is 0.885. The Morgan fingerprint density at radius 1 is 1.21 bits per heavy atom. The average molecular weight is 383 g/mol. The highest BCUT2D eigenvalue weighted by molar-refractivity contribution is 6.06. The van der Waals surface area contributed by atoms with Gasteiger partial charge >= 0.3 is 0 Å². The van der Waals surface area contributed by atoms with Gasteiger partial charge in [-0.15, -0.1) is 0 Å². The predicted octanol–water partition coefficient (Wildman–Crippen LogP) is 3.42. The van der Waals surface area contributed by atoms with Gasteiger partial charge in [0.25, 0.3) is 11.5 Å². The Hall–Kier alpha value is -2.14. The molecular weight excluding hydrogens is 352 g/mol. The minimum Gasteiger partial charge on any atom is -0.389 e. The molecule has 1 saturated heterocycles. The van der Waals surface area contributed by atoms with Crippen molar-refractivity contribution in [1.29, 1.82) is 0 Å². The zero-order chi connectivity index (χ0) is 19.9. The maximum Gasteiger partial charge on any atom is 0.258 e. The molecule has 5 heteroatoms. The Labute approximate surface area is 166 Å². The zero-order valence-electron chi connectivity index (χ0n) is 16.9. The second kappa shape index (κ2) is 7.36. The van der Waals surface area contributed by atoms with E-state index in [0.717, 1.165) is 31.1 Å². The SMILES string of the molecule is CC(C)Cn1cc(C(=O)N2CC[C@@]3(O)CCCC[C@@H]3C2)c2ccccc2c1=O. The third-order valence-corrected chi connectivity index (χ3v) is 6.50. The van der Waals surface area contributed by atoms with Crippen molar-refractivity contribution in [1.82, 2.24) is 9.47 Å². The van der Waals surface area contributed by atoms with Gasteiger partial charge < -0.3 is 14.6 Å². The van der Waals surface area contributed by atoms with Crippen molar-refractivity contribution in [3.8, 4) is 0 Å². The number of likely N-dealkylation sites (tertiary alicyclic amines) is 1. The number of piperidine rings is 1. The molecule has 1 amide bonds. The van der Waals surface area contributed by atoms with E-state index in [1.807, 2.05) is 23.1 Å².